The van der Waals surface area contributed by atoms with Gasteiger partial charge in [0.15, 0.2) is 0 Å². The van der Waals surface area contributed by atoms with Gasteiger partial charge >= 0.3 is 6.03 Å². The predicted octanol–water partition coefficient (Wildman–Crippen LogP) is 1.27. The second-order valence-corrected chi connectivity index (χ2v) is 6.63. The van der Waals surface area contributed by atoms with Crippen molar-refractivity contribution in [3.05, 3.63) is 48.3 Å². The van der Waals surface area contributed by atoms with Crippen molar-refractivity contribution in [1.29, 1.82) is 0 Å². The van der Waals surface area contributed by atoms with Gasteiger partial charge in [-0.15, -0.1) is 0 Å². The number of aryl methyl sites for hydroxylation is 1. The Labute approximate surface area is 148 Å². The molecule has 2 aromatic heterocycles. The third kappa shape index (κ3) is 4.79. The van der Waals surface area contributed by atoms with E-state index >= 15 is 0 Å². The van der Waals surface area contributed by atoms with E-state index < -0.39 is 0 Å². The summed E-state index contributed by atoms with van der Waals surface area (Å²) in [6.45, 7) is 6.10. The Hall–Kier alpha value is -2.41. The summed E-state index contributed by atoms with van der Waals surface area (Å²) < 4.78 is 2.04. The first-order valence-electron chi connectivity index (χ1n) is 8.74. The number of hydrogen-bond donors (Lipinski definition) is 1. The molecule has 1 fully saturated rings. The summed E-state index contributed by atoms with van der Waals surface area (Å²) >= 11 is 0. The molecule has 2 aromatic rings. The smallest absolute Gasteiger partial charge is 0.317 e. The van der Waals surface area contributed by atoms with Gasteiger partial charge < -0.3 is 14.8 Å². The molecule has 134 valence electrons. The molecule has 0 aliphatic carbocycles. The van der Waals surface area contributed by atoms with E-state index in [0.29, 0.717) is 0 Å². The van der Waals surface area contributed by atoms with E-state index in [1.807, 2.05) is 54.2 Å². The van der Waals surface area contributed by atoms with Crippen molar-refractivity contribution in [2.45, 2.75) is 25.9 Å². The van der Waals surface area contributed by atoms with Crippen LogP contribution in [0.4, 0.5) is 4.79 Å². The van der Waals surface area contributed by atoms with Gasteiger partial charge in [-0.3, -0.25) is 9.88 Å². The Bertz CT molecular complexity index is 678. The lowest BCUT2D eigenvalue weighted by molar-refractivity contribution is 0.131. The lowest BCUT2D eigenvalue weighted by Crippen LogP contribution is -2.53. The number of pyridine rings is 1. The molecule has 0 radical (unpaired) electrons. The molecule has 1 N–H and O–H groups in total. The number of hydrogen-bond acceptors (Lipinski definition) is 4. The molecule has 1 aliphatic rings. The predicted molar refractivity (Wildman–Crippen MR) is 96.0 cm³/mol. The Balaban J connectivity index is 1.43. The topological polar surface area (TPSA) is 66.3 Å². The Morgan fingerprint density at radius 1 is 1.28 bits per heavy atom. The van der Waals surface area contributed by atoms with Crippen LogP contribution in [0.2, 0.25) is 0 Å². The van der Waals surface area contributed by atoms with Crippen molar-refractivity contribution < 1.29 is 4.79 Å². The number of amides is 2. The molecule has 1 saturated heterocycles. The fraction of sp³-hybridized carbons (Fsp3) is 0.500. The van der Waals surface area contributed by atoms with Crippen LogP contribution in [0.25, 0.3) is 0 Å². The second-order valence-electron chi connectivity index (χ2n) is 6.63. The number of carbonyl (C=O) groups excluding carboxylic acids is 1. The summed E-state index contributed by atoms with van der Waals surface area (Å²) in [6.07, 6.45) is 8.18. The number of urea groups is 1. The second kappa shape index (κ2) is 8.11. The molecular weight excluding hydrogens is 316 g/mol. The lowest BCUT2D eigenvalue weighted by atomic mass is 10.1. The van der Waals surface area contributed by atoms with Crippen LogP contribution in [0.15, 0.2) is 36.9 Å². The first-order chi connectivity index (χ1) is 12.1. The summed E-state index contributed by atoms with van der Waals surface area (Å²) in [5, 5.41) is 3.09. The maximum Gasteiger partial charge on any atom is 0.317 e. The first-order valence-corrected chi connectivity index (χ1v) is 8.74. The molecule has 0 bridgehead atoms. The average molecular weight is 342 g/mol. The SMILES string of the molecule is CC(Cc1cccnc1)NC(=O)N1CCN(Cc2nccn2C)CC1. The zero-order chi connectivity index (χ0) is 17.6. The number of nitrogens with one attached hydrogen (secondary N) is 1. The third-order valence-corrected chi connectivity index (χ3v) is 4.58. The van der Waals surface area contributed by atoms with Crippen LogP contribution >= 0.6 is 0 Å². The highest BCUT2D eigenvalue weighted by molar-refractivity contribution is 5.74. The molecule has 1 unspecified atom stereocenters. The van der Waals surface area contributed by atoms with Gasteiger partial charge in [0.1, 0.15) is 5.82 Å². The number of carbonyl (C=O) groups is 1. The Morgan fingerprint density at radius 3 is 2.72 bits per heavy atom. The van der Waals surface area contributed by atoms with Crippen LogP contribution in [0.5, 0.6) is 0 Å². The van der Waals surface area contributed by atoms with Crippen molar-refractivity contribution in [2.75, 3.05) is 26.2 Å². The molecule has 0 saturated carbocycles. The van der Waals surface area contributed by atoms with Crippen molar-refractivity contribution in [2.24, 2.45) is 7.05 Å². The minimum Gasteiger partial charge on any atom is -0.337 e. The standard InChI is InChI=1S/C18H26N6O/c1-15(12-16-4-3-5-19-13-16)21-18(25)24-10-8-23(9-11-24)14-17-20-6-7-22(17)2/h3-7,13,15H,8-12,14H2,1-2H3,(H,21,25). The van der Waals surface area contributed by atoms with Crippen LogP contribution in [0.3, 0.4) is 0 Å². The molecule has 1 aliphatic heterocycles. The highest BCUT2D eigenvalue weighted by Crippen LogP contribution is 2.08. The summed E-state index contributed by atoms with van der Waals surface area (Å²) in [7, 11) is 2.01. The van der Waals surface area contributed by atoms with Gasteiger partial charge in [-0.05, 0) is 25.0 Å². The summed E-state index contributed by atoms with van der Waals surface area (Å²) in [5.74, 6) is 1.06. The molecule has 3 rings (SSSR count). The van der Waals surface area contributed by atoms with Gasteiger partial charge in [-0.1, -0.05) is 6.07 Å². The average Bonchev–Trinajstić information content (AvgIpc) is 3.01. The molecule has 1 atom stereocenters. The van der Waals surface area contributed by atoms with Crippen LogP contribution in [-0.4, -0.2) is 62.6 Å². The Kier molecular flexibility index (Phi) is 5.65. The van der Waals surface area contributed by atoms with E-state index in [4.69, 9.17) is 0 Å². The normalized spacial score (nSPS) is 16.6. The quantitative estimate of drug-likeness (QED) is 0.889. The number of piperazine rings is 1. The van der Waals surface area contributed by atoms with Gasteiger partial charge in [-0.2, -0.15) is 0 Å². The van der Waals surface area contributed by atoms with Gasteiger partial charge in [0.2, 0.25) is 0 Å². The number of imidazole rings is 1. The zero-order valence-corrected chi connectivity index (χ0v) is 14.9. The monoisotopic (exact) mass is 342 g/mol. The van der Waals surface area contributed by atoms with E-state index in [9.17, 15) is 4.79 Å². The maximum absolute atomic E-state index is 12.4. The molecule has 0 aromatic carbocycles. The number of rotatable bonds is 5. The molecule has 25 heavy (non-hydrogen) atoms. The minimum absolute atomic E-state index is 0.0213. The maximum atomic E-state index is 12.4. The number of nitrogens with zero attached hydrogens (tertiary/aromatic N) is 5. The van der Waals surface area contributed by atoms with Gasteiger partial charge in [0.05, 0.1) is 6.54 Å². The van der Waals surface area contributed by atoms with Crippen molar-refractivity contribution in [3.8, 4) is 0 Å². The summed E-state index contributed by atoms with van der Waals surface area (Å²) in [4.78, 5) is 25.2. The lowest BCUT2D eigenvalue weighted by Gasteiger charge is -2.35. The highest BCUT2D eigenvalue weighted by atomic mass is 16.2. The summed E-state index contributed by atoms with van der Waals surface area (Å²) in [6, 6.07) is 4.06. The molecule has 7 heteroatoms. The van der Waals surface area contributed by atoms with E-state index in [-0.39, 0.29) is 12.1 Å². The van der Waals surface area contributed by atoms with E-state index in [2.05, 4.69) is 20.2 Å². The fourth-order valence-corrected chi connectivity index (χ4v) is 3.08. The third-order valence-electron chi connectivity index (χ3n) is 4.58. The number of aromatic nitrogens is 3. The van der Waals surface area contributed by atoms with Crippen LogP contribution < -0.4 is 5.32 Å². The van der Waals surface area contributed by atoms with E-state index in [0.717, 1.165) is 50.5 Å². The summed E-state index contributed by atoms with van der Waals surface area (Å²) in [5.41, 5.74) is 1.13. The van der Waals surface area contributed by atoms with Crippen molar-refractivity contribution >= 4 is 6.03 Å². The van der Waals surface area contributed by atoms with Crippen LogP contribution in [0.1, 0.15) is 18.3 Å². The largest absolute Gasteiger partial charge is 0.337 e. The molecule has 3 heterocycles. The van der Waals surface area contributed by atoms with E-state index in [1.165, 1.54) is 0 Å². The van der Waals surface area contributed by atoms with Gasteiger partial charge in [-0.25, -0.2) is 9.78 Å². The molecule has 7 nitrogen and oxygen atoms in total. The van der Waals surface area contributed by atoms with Gasteiger partial charge in [0, 0.05) is 64.1 Å². The minimum atomic E-state index is 0.0213. The van der Waals surface area contributed by atoms with Crippen molar-refractivity contribution in [3.63, 3.8) is 0 Å². The molecule has 0 spiro atoms. The van der Waals surface area contributed by atoms with Crippen LogP contribution in [0, 0.1) is 0 Å². The first kappa shape index (κ1) is 17.4. The molecular formula is C18H26N6O. The highest BCUT2D eigenvalue weighted by Gasteiger charge is 2.22. The van der Waals surface area contributed by atoms with Crippen molar-refractivity contribution in [1.82, 2.24) is 29.7 Å². The molecule has 2 amide bonds. The Morgan fingerprint density at radius 2 is 2.08 bits per heavy atom. The van der Waals surface area contributed by atoms with Gasteiger partial charge in [0.25, 0.3) is 0 Å². The van der Waals surface area contributed by atoms with E-state index in [1.54, 1.807) is 6.20 Å². The van der Waals surface area contributed by atoms with Crippen LogP contribution in [-0.2, 0) is 20.0 Å². The zero-order valence-electron chi connectivity index (χ0n) is 14.9. The fourth-order valence-electron chi connectivity index (χ4n) is 3.08.